The van der Waals surface area contributed by atoms with Crippen LogP contribution in [0.2, 0.25) is 0 Å². The Bertz CT molecular complexity index is 1280. The van der Waals surface area contributed by atoms with Crippen LogP contribution >= 0.6 is 0 Å². The van der Waals surface area contributed by atoms with E-state index in [1.807, 2.05) is 28.0 Å². The lowest BCUT2D eigenvalue weighted by Gasteiger charge is -2.35. The number of hydrogen-bond acceptors (Lipinski definition) is 6. The van der Waals surface area contributed by atoms with Crippen LogP contribution < -0.4 is 0 Å². The third kappa shape index (κ3) is 3.34. The minimum absolute atomic E-state index is 0.0132. The molecule has 162 valence electrons. The van der Waals surface area contributed by atoms with Crippen LogP contribution in [0.15, 0.2) is 40.8 Å². The Morgan fingerprint density at radius 2 is 1.91 bits per heavy atom. The molecule has 0 aliphatic carbocycles. The zero-order valence-corrected chi connectivity index (χ0v) is 17.7. The van der Waals surface area contributed by atoms with Crippen LogP contribution in [-0.4, -0.2) is 56.3 Å². The summed E-state index contributed by atoms with van der Waals surface area (Å²) < 4.78 is 6.36. The minimum atomic E-state index is -0.175. The SMILES string of the molecule is CC(=O)n1ncc2c(C(C#N)=C3CCN(C(=O)N4CCc5nocc5C4)CC3)cccc21. The highest BCUT2D eigenvalue weighted by atomic mass is 16.5. The largest absolute Gasteiger partial charge is 0.364 e. The van der Waals surface area contributed by atoms with Crippen molar-refractivity contribution in [3.63, 3.8) is 0 Å². The van der Waals surface area contributed by atoms with Gasteiger partial charge in [-0.15, -0.1) is 0 Å². The van der Waals surface area contributed by atoms with Crippen LogP contribution in [0, 0.1) is 11.3 Å². The molecular formula is C23H22N6O3. The molecule has 2 aliphatic rings. The maximum absolute atomic E-state index is 13.0. The molecule has 3 aromatic rings. The monoisotopic (exact) mass is 430 g/mol. The Balaban J connectivity index is 1.35. The van der Waals surface area contributed by atoms with E-state index in [1.54, 1.807) is 12.5 Å². The van der Waals surface area contributed by atoms with Crippen molar-refractivity contribution in [3.8, 4) is 6.07 Å². The molecule has 9 heteroatoms. The number of amides is 2. The van der Waals surface area contributed by atoms with Gasteiger partial charge in [0.1, 0.15) is 6.26 Å². The molecule has 0 spiro atoms. The number of nitrogens with zero attached hydrogens (tertiary/aromatic N) is 6. The van der Waals surface area contributed by atoms with Gasteiger partial charge >= 0.3 is 6.03 Å². The van der Waals surface area contributed by atoms with Crippen molar-refractivity contribution >= 4 is 28.4 Å². The number of rotatable bonds is 1. The number of aromatic nitrogens is 3. The molecule has 0 radical (unpaired) electrons. The Kier molecular flexibility index (Phi) is 4.98. The van der Waals surface area contributed by atoms with Crippen molar-refractivity contribution in [2.45, 2.75) is 32.7 Å². The molecule has 2 aliphatic heterocycles. The van der Waals surface area contributed by atoms with E-state index in [0.717, 1.165) is 27.8 Å². The fourth-order valence-electron chi connectivity index (χ4n) is 4.57. The van der Waals surface area contributed by atoms with Crippen molar-refractivity contribution in [1.82, 2.24) is 24.7 Å². The number of fused-ring (bicyclic) bond motifs is 2. The van der Waals surface area contributed by atoms with Gasteiger partial charge in [-0.05, 0) is 24.5 Å². The molecule has 0 unspecified atom stereocenters. The standard InChI is InChI=1S/C23H22N6O3/c1-15(30)29-22-4-2-3-18(20(22)12-25-29)19(11-24)16-5-8-27(9-6-16)23(31)28-10-7-21-17(13-28)14-32-26-21/h2-4,12,14H,5-10,13H2,1H3. The summed E-state index contributed by atoms with van der Waals surface area (Å²) in [6, 6.07) is 7.93. The fraction of sp³-hybridized carbons (Fsp3) is 0.348. The third-order valence-corrected chi connectivity index (χ3v) is 6.26. The van der Waals surface area contributed by atoms with Gasteiger partial charge in [-0.2, -0.15) is 10.4 Å². The molecule has 0 atom stereocenters. The predicted molar refractivity (Wildman–Crippen MR) is 115 cm³/mol. The van der Waals surface area contributed by atoms with Crippen molar-refractivity contribution in [2.24, 2.45) is 0 Å². The van der Waals surface area contributed by atoms with Gasteiger partial charge in [0, 0.05) is 49.5 Å². The molecule has 5 rings (SSSR count). The van der Waals surface area contributed by atoms with Gasteiger partial charge < -0.3 is 14.3 Å². The molecule has 2 amide bonds. The van der Waals surface area contributed by atoms with Crippen LogP contribution in [0.4, 0.5) is 4.79 Å². The number of nitriles is 1. The first-order valence-corrected chi connectivity index (χ1v) is 10.6. The average molecular weight is 430 g/mol. The summed E-state index contributed by atoms with van der Waals surface area (Å²) in [7, 11) is 0. The van der Waals surface area contributed by atoms with Crippen molar-refractivity contribution in [2.75, 3.05) is 19.6 Å². The summed E-state index contributed by atoms with van der Waals surface area (Å²) >= 11 is 0. The van der Waals surface area contributed by atoms with Gasteiger partial charge in [-0.1, -0.05) is 17.3 Å². The van der Waals surface area contributed by atoms with E-state index < -0.39 is 0 Å². The fourth-order valence-corrected chi connectivity index (χ4v) is 4.57. The summed E-state index contributed by atoms with van der Waals surface area (Å²) in [5.74, 6) is -0.175. The van der Waals surface area contributed by atoms with E-state index in [2.05, 4.69) is 16.3 Å². The van der Waals surface area contributed by atoms with Crippen LogP contribution in [0.1, 0.15) is 41.4 Å². The molecule has 0 bridgehead atoms. The van der Waals surface area contributed by atoms with E-state index in [0.29, 0.717) is 56.5 Å². The number of urea groups is 1. The topological polar surface area (TPSA) is 108 Å². The van der Waals surface area contributed by atoms with Gasteiger partial charge in [-0.25, -0.2) is 9.48 Å². The second-order valence-corrected chi connectivity index (χ2v) is 8.13. The first-order valence-electron chi connectivity index (χ1n) is 10.6. The van der Waals surface area contributed by atoms with E-state index in [9.17, 15) is 14.9 Å². The van der Waals surface area contributed by atoms with Gasteiger partial charge in [0.15, 0.2) is 0 Å². The van der Waals surface area contributed by atoms with E-state index >= 15 is 0 Å². The molecule has 1 fully saturated rings. The number of likely N-dealkylation sites (tertiary alicyclic amines) is 1. The van der Waals surface area contributed by atoms with E-state index in [-0.39, 0.29) is 11.9 Å². The van der Waals surface area contributed by atoms with Gasteiger partial charge in [0.25, 0.3) is 0 Å². The summed E-state index contributed by atoms with van der Waals surface area (Å²) in [6.45, 7) is 3.73. The number of allylic oxidation sites excluding steroid dienone is 1. The summed E-state index contributed by atoms with van der Waals surface area (Å²) in [5.41, 5.74) is 5.00. The van der Waals surface area contributed by atoms with Crippen molar-refractivity contribution in [3.05, 3.63) is 53.1 Å². The van der Waals surface area contributed by atoms with Crippen LogP contribution in [0.5, 0.6) is 0 Å². The number of benzene rings is 1. The Hall–Kier alpha value is -3.93. The Morgan fingerprint density at radius 1 is 1.12 bits per heavy atom. The highest BCUT2D eigenvalue weighted by Crippen LogP contribution is 2.31. The first kappa shape index (κ1) is 20.0. The molecule has 9 nitrogen and oxygen atoms in total. The van der Waals surface area contributed by atoms with E-state index in [1.165, 1.54) is 11.6 Å². The molecule has 1 saturated heterocycles. The molecule has 0 N–H and O–H groups in total. The third-order valence-electron chi connectivity index (χ3n) is 6.26. The summed E-state index contributed by atoms with van der Waals surface area (Å²) in [4.78, 5) is 28.5. The van der Waals surface area contributed by atoms with Crippen molar-refractivity contribution < 1.29 is 14.1 Å². The second kappa shape index (κ2) is 7.96. The second-order valence-electron chi connectivity index (χ2n) is 8.13. The van der Waals surface area contributed by atoms with Gasteiger partial charge in [0.05, 0.1) is 35.6 Å². The van der Waals surface area contributed by atoms with Gasteiger partial charge in [-0.3, -0.25) is 4.79 Å². The maximum atomic E-state index is 13.0. The lowest BCUT2D eigenvalue weighted by atomic mass is 9.92. The lowest BCUT2D eigenvalue weighted by Crippen LogP contribution is -2.47. The number of carbonyl (C=O) groups excluding carboxylic acids is 2. The Morgan fingerprint density at radius 3 is 2.66 bits per heavy atom. The molecule has 2 aromatic heterocycles. The summed E-state index contributed by atoms with van der Waals surface area (Å²) in [6.07, 6.45) is 5.22. The zero-order chi connectivity index (χ0) is 22.2. The molecular weight excluding hydrogens is 408 g/mol. The summed E-state index contributed by atoms with van der Waals surface area (Å²) in [5, 5.41) is 18.9. The first-order chi connectivity index (χ1) is 15.6. The molecule has 32 heavy (non-hydrogen) atoms. The number of hydrogen-bond donors (Lipinski definition) is 0. The number of piperidine rings is 1. The highest BCUT2D eigenvalue weighted by Gasteiger charge is 2.29. The lowest BCUT2D eigenvalue weighted by molar-refractivity contribution is 0.0926. The van der Waals surface area contributed by atoms with Gasteiger partial charge in [0.2, 0.25) is 5.91 Å². The average Bonchev–Trinajstić information content (AvgIpc) is 3.46. The Labute approximate surface area is 184 Å². The highest BCUT2D eigenvalue weighted by molar-refractivity contribution is 5.99. The van der Waals surface area contributed by atoms with E-state index in [4.69, 9.17) is 4.52 Å². The molecule has 0 saturated carbocycles. The molecule has 1 aromatic carbocycles. The molecule has 4 heterocycles. The smallest absolute Gasteiger partial charge is 0.320 e. The quantitative estimate of drug-likeness (QED) is 0.549. The maximum Gasteiger partial charge on any atom is 0.320 e. The van der Waals surface area contributed by atoms with Crippen molar-refractivity contribution in [1.29, 1.82) is 5.26 Å². The van der Waals surface area contributed by atoms with Crippen LogP contribution in [0.25, 0.3) is 16.5 Å². The zero-order valence-electron chi connectivity index (χ0n) is 17.7. The normalized spacial score (nSPS) is 16.1. The predicted octanol–water partition coefficient (Wildman–Crippen LogP) is 3.24. The minimum Gasteiger partial charge on any atom is -0.364 e. The van der Waals surface area contributed by atoms with Crippen LogP contribution in [0.3, 0.4) is 0 Å². The van der Waals surface area contributed by atoms with Crippen LogP contribution in [-0.2, 0) is 13.0 Å². The number of carbonyl (C=O) groups is 2.